The summed E-state index contributed by atoms with van der Waals surface area (Å²) in [5.74, 6) is -1.40. The molecular weight excluding hydrogens is 321 g/mol. The summed E-state index contributed by atoms with van der Waals surface area (Å²) in [5.41, 5.74) is 4.61. The van der Waals surface area contributed by atoms with Crippen LogP contribution in [0.25, 0.3) is 0 Å². The number of carboxylic acid groups (broad SMARTS) is 1. The molecule has 0 saturated heterocycles. The Kier molecular flexibility index (Phi) is 3.91. The summed E-state index contributed by atoms with van der Waals surface area (Å²) < 4.78 is 25.1. The lowest BCUT2D eigenvalue weighted by molar-refractivity contribution is 0.0682. The van der Waals surface area contributed by atoms with Crippen molar-refractivity contribution in [3.63, 3.8) is 0 Å². The number of carbonyl (C=O) groups is 1. The van der Waals surface area contributed by atoms with Gasteiger partial charge in [-0.15, -0.1) is 0 Å². The SMILES string of the molecule is NCc1ncc(C(F)F)c(C(=O)O)c1I. The number of nitrogens with zero attached hydrogens (tertiary/aromatic N) is 1. The molecule has 0 unspecified atom stereocenters. The minimum absolute atomic E-state index is 0.0159. The first-order valence-corrected chi connectivity index (χ1v) is 4.95. The second-order valence-electron chi connectivity index (χ2n) is 2.66. The Bertz CT molecular complexity index is 398. The first-order chi connectivity index (χ1) is 6.99. The molecule has 4 nitrogen and oxygen atoms in total. The van der Waals surface area contributed by atoms with E-state index in [1.54, 1.807) is 22.6 Å². The third-order valence-corrected chi connectivity index (χ3v) is 2.93. The Morgan fingerprint density at radius 2 is 2.27 bits per heavy atom. The van der Waals surface area contributed by atoms with Crippen LogP contribution in [-0.4, -0.2) is 16.1 Å². The van der Waals surface area contributed by atoms with E-state index in [1.807, 2.05) is 0 Å². The smallest absolute Gasteiger partial charge is 0.337 e. The number of pyridine rings is 1. The van der Waals surface area contributed by atoms with Crippen LogP contribution in [-0.2, 0) is 6.54 Å². The summed E-state index contributed by atoms with van der Waals surface area (Å²) in [6.45, 7) is 0.0159. The van der Waals surface area contributed by atoms with Gasteiger partial charge in [0.15, 0.2) is 0 Å². The molecule has 0 bridgehead atoms. The van der Waals surface area contributed by atoms with Crippen LogP contribution in [0.1, 0.15) is 28.0 Å². The highest BCUT2D eigenvalue weighted by molar-refractivity contribution is 14.1. The predicted molar refractivity (Wildman–Crippen MR) is 56.8 cm³/mol. The van der Waals surface area contributed by atoms with E-state index in [9.17, 15) is 13.6 Å². The highest BCUT2D eigenvalue weighted by Crippen LogP contribution is 2.27. The van der Waals surface area contributed by atoms with Crippen LogP contribution in [0.3, 0.4) is 0 Å². The molecule has 1 aromatic rings. The molecule has 82 valence electrons. The van der Waals surface area contributed by atoms with Gasteiger partial charge in [-0.2, -0.15) is 0 Å². The van der Waals surface area contributed by atoms with Crippen LogP contribution >= 0.6 is 22.6 Å². The van der Waals surface area contributed by atoms with E-state index in [-0.39, 0.29) is 10.1 Å². The Morgan fingerprint density at radius 1 is 1.67 bits per heavy atom. The Labute approximate surface area is 97.6 Å². The molecule has 0 fully saturated rings. The van der Waals surface area contributed by atoms with Crippen molar-refractivity contribution in [1.82, 2.24) is 4.98 Å². The van der Waals surface area contributed by atoms with E-state index < -0.39 is 23.5 Å². The summed E-state index contributed by atoms with van der Waals surface area (Å²) >= 11 is 1.66. The van der Waals surface area contributed by atoms with Gasteiger partial charge in [0.05, 0.1) is 20.4 Å². The van der Waals surface area contributed by atoms with Crippen molar-refractivity contribution in [3.8, 4) is 0 Å². The summed E-state index contributed by atoms with van der Waals surface area (Å²) in [6, 6.07) is 0. The molecule has 0 aliphatic rings. The molecule has 7 heteroatoms. The third kappa shape index (κ3) is 2.40. The van der Waals surface area contributed by atoms with Gasteiger partial charge < -0.3 is 10.8 Å². The van der Waals surface area contributed by atoms with Gasteiger partial charge >= 0.3 is 5.97 Å². The summed E-state index contributed by atoms with van der Waals surface area (Å²) in [7, 11) is 0. The molecule has 0 radical (unpaired) electrons. The molecule has 0 aromatic carbocycles. The average molecular weight is 328 g/mol. The first-order valence-electron chi connectivity index (χ1n) is 3.87. The largest absolute Gasteiger partial charge is 0.478 e. The Balaban J connectivity index is 3.44. The number of carboxylic acids is 1. The van der Waals surface area contributed by atoms with Crippen molar-refractivity contribution in [2.75, 3.05) is 0 Å². The number of aromatic nitrogens is 1. The molecule has 1 heterocycles. The van der Waals surface area contributed by atoms with E-state index in [1.165, 1.54) is 0 Å². The number of nitrogens with two attached hydrogens (primary N) is 1. The van der Waals surface area contributed by atoms with Crippen molar-refractivity contribution in [3.05, 3.63) is 26.6 Å². The topological polar surface area (TPSA) is 76.2 Å². The number of alkyl halides is 2. The number of aromatic carboxylic acids is 1. The molecule has 0 aliphatic heterocycles. The maximum atomic E-state index is 12.5. The van der Waals surface area contributed by atoms with Gasteiger partial charge in [0.1, 0.15) is 0 Å². The molecular formula is C8H7F2IN2O2. The number of rotatable bonds is 3. The van der Waals surface area contributed by atoms with Gasteiger partial charge in [0.25, 0.3) is 6.43 Å². The maximum absolute atomic E-state index is 12.5. The molecule has 0 saturated carbocycles. The van der Waals surface area contributed by atoms with Gasteiger partial charge in [0, 0.05) is 12.7 Å². The molecule has 3 N–H and O–H groups in total. The minimum Gasteiger partial charge on any atom is -0.478 e. The van der Waals surface area contributed by atoms with Crippen molar-refractivity contribution >= 4 is 28.6 Å². The molecule has 1 rings (SSSR count). The minimum atomic E-state index is -2.86. The molecule has 1 aromatic heterocycles. The first kappa shape index (κ1) is 12.2. The Hall–Kier alpha value is -0.830. The zero-order valence-corrected chi connectivity index (χ0v) is 9.53. The molecule has 0 atom stereocenters. The lowest BCUT2D eigenvalue weighted by Gasteiger charge is -2.09. The van der Waals surface area contributed by atoms with Crippen LogP contribution in [0.2, 0.25) is 0 Å². The fourth-order valence-corrected chi connectivity index (χ4v) is 1.97. The molecule has 15 heavy (non-hydrogen) atoms. The number of hydrogen-bond donors (Lipinski definition) is 2. The number of halogens is 3. The van der Waals surface area contributed by atoms with Crippen molar-refractivity contribution in [1.29, 1.82) is 0 Å². The van der Waals surface area contributed by atoms with Crippen molar-refractivity contribution < 1.29 is 18.7 Å². The lowest BCUT2D eigenvalue weighted by atomic mass is 10.1. The monoisotopic (exact) mass is 328 g/mol. The van der Waals surface area contributed by atoms with Crippen molar-refractivity contribution in [2.45, 2.75) is 13.0 Å². The third-order valence-electron chi connectivity index (χ3n) is 1.76. The van der Waals surface area contributed by atoms with Gasteiger partial charge in [-0.3, -0.25) is 4.98 Å². The lowest BCUT2D eigenvalue weighted by Crippen LogP contribution is -2.12. The van der Waals surface area contributed by atoms with Crippen LogP contribution in [0.4, 0.5) is 8.78 Å². The second-order valence-corrected chi connectivity index (χ2v) is 3.74. The second kappa shape index (κ2) is 4.79. The Morgan fingerprint density at radius 3 is 2.67 bits per heavy atom. The fraction of sp³-hybridized carbons (Fsp3) is 0.250. The van der Waals surface area contributed by atoms with Crippen LogP contribution in [0.15, 0.2) is 6.20 Å². The van der Waals surface area contributed by atoms with E-state index in [0.29, 0.717) is 5.69 Å². The zero-order chi connectivity index (χ0) is 11.6. The summed E-state index contributed by atoms with van der Waals surface area (Å²) in [5, 5.41) is 8.81. The summed E-state index contributed by atoms with van der Waals surface area (Å²) in [4.78, 5) is 14.5. The quantitative estimate of drug-likeness (QED) is 0.830. The normalized spacial score (nSPS) is 10.7. The predicted octanol–water partition coefficient (Wildman–Crippen LogP) is 1.78. The van der Waals surface area contributed by atoms with E-state index in [2.05, 4.69) is 4.98 Å². The molecule has 0 amide bonds. The van der Waals surface area contributed by atoms with E-state index in [0.717, 1.165) is 6.20 Å². The van der Waals surface area contributed by atoms with Gasteiger partial charge in [-0.25, -0.2) is 13.6 Å². The number of hydrogen-bond acceptors (Lipinski definition) is 3. The van der Waals surface area contributed by atoms with Gasteiger partial charge in [-0.1, -0.05) is 0 Å². The van der Waals surface area contributed by atoms with Gasteiger partial charge in [-0.05, 0) is 22.6 Å². The van der Waals surface area contributed by atoms with Crippen molar-refractivity contribution in [2.24, 2.45) is 5.73 Å². The highest BCUT2D eigenvalue weighted by atomic mass is 127. The molecule has 0 spiro atoms. The highest BCUT2D eigenvalue weighted by Gasteiger charge is 2.23. The van der Waals surface area contributed by atoms with E-state index >= 15 is 0 Å². The van der Waals surface area contributed by atoms with Crippen LogP contribution in [0.5, 0.6) is 0 Å². The standard InChI is InChI=1S/C8H7F2IN2O2/c9-7(10)3-2-13-4(1-12)6(11)5(3)8(14)15/h2,7H,1,12H2,(H,14,15). The van der Waals surface area contributed by atoms with Gasteiger partial charge in [0.2, 0.25) is 0 Å². The van der Waals surface area contributed by atoms with E-state index in [4.69, 9.17) is 10.8 Å². The van der Waals surface area contributed by atoms with Crippen LogP contribution < -0.4 is 5.73 Å². The average Bonchev–Trinajstić information content (AvgIpc) is 2.16. The van der Waals surface area contributed by atoms with Crippen LogP contribution in [0, 0.1) is 3.57 Å². The zero-order valence-electron chi connectivity index (χ0n) is 7.38. The summed E-state index contributed by atoms with van der Waals surface area (Å²) in [6.07, 6.45) is -2.00. The fourth-order valence-electron chi connectivity index (χ4n) is 1.06. The molecule has 0 aliphatic carbocycles. The maximum Gasteiger partial charge on any atom is 0.337 e.